The third-order valence-electron chi connectivity index (χ3n) is 2.64. The van der Waals surface area contributed by atoms with E-state index in [1.54, 1.807) is 6.92 Å². The first-order chi connectivity index (χ1) is 9.73. The van der Waals surface area contributed by atoms with Crippen molar-refractivity contribution in [1.82, 2.24) is 14.8 Å². The standard InChI is InChI=1S/C11H12Cl2N4O3S/c1-3-21(19,20)16-9-5-10(8(13)4-7(9)12)17-11(18)14-6(2)15-17/h4-5,16H,3H2,1-2H3,(H,14,15,18). The monoisotopic (exact) mass is 350 g/mol. The lowest BCUT2D eigenvalue weighted by atomic mass is 10.3. The molecule has 0 aliphatic heterocycles. The van der Waals surface area contributed by atoms with Crippen LogP contribution in [0, 0.1) is 6.92 Å². The van der Waals surface area contributed by atoms with Gasteiger partial charge in [0.1, 0.15) is 5.82 Å². The Morgan fingerprint density at radius 2 is 2.00 bits per heavy atom. The Labute approximate surface area is 130 Å². The second-order valence-electron chi connectivity index (χ2n) is 4.22. The van der Waals surface area contributed by atoms with Gasteiger partial charge in [0.2, 0.25) is 10.0 Å². The highest BCUT2D eigenvalue weighted by atomic mass is 35.5. The van der Waals surface area contributed by atoms with Crippen molar-refractivity contribution in [3.8, 4) is 5.69 Å². The molecular weight excluding hydrogens is 339 g/mol. The van der Waals surface area contributed by atoms with Crippen molar-refractivity contribution in [2.24, 2.45) is 0 Å². The number of sulfonamides is 1. The van der Waals surface area contributed by atoms with Crippen molar-refractivity contribution in [2.45, 2.75) is 13.8 Å². The summed E-state index contributed by atoms with van der Waals surface area (Å²) in [6, 6.07) is 2.71. The molecule has 0 aliphatic rings. The minimum Gasteiger partial charge on any atom is -0.293 e. The Bertz CT molecular complexity index is 842. The van der Waals surface area contributed by atoms with Crippen LogP contribution in [0.5, 0.6) is 0 Å². The van der Waals surface area contributed by atoms with Crippen LogP contribution in [0.4, 0.5) is 5.69 Å². The summed E-state index contributed by atoms with van der Waals surface area (Å²) < 4.78 is 26.6. The molecule has 0 radical (unpaired) electrons. The molecule has 2 N–H and O–H groups in total. The Morgan fingerprint density at radius 1 is 1.33 bits per heavy atom. The lowest BCUT2D eigenvalue weighted by molar-refractivity contribution is 0.602. The number of H-pyrrole nitrogens is 1. The van der Waals surface area contributed by atoms with Crippen LogP contribution >= 0.6 is 23.2 Å². The first-order valence-corrected chi connectivity index (χ1v) is 8.30. The van der Waals surface area contributed by atoms with Crippen molar-refractivity contribution < 1.29 is 8.42 Å². The van der Waals surface area contributed by atoms with Crippen LogP contribution in [0.3, 0.4) is 0 Å². The lowest BCUT2D eigenvalue weighted by Crippen LogP contribution is -2.18. The van der Waals surface area contributed by atoms with Gasteiger partial charge in [0, 0.05) is 0 Å². The SMILES string of the molecule is CCS(=O)(=O)Nc1cc(-n2nc(C)[nH]c2=O)c(Cl)cc1Cl. The summed E-state index contributed by atoms with van der Waals surface area (Å²) in [7, 11) is -3.50. The number of halogens is 2. The van der Waals surface area contributed by atoms with Gasteiger partial charge >= 0.3 is 5.69 Å². The fraction of sp³-hybridized carbons (Fsp3) is 0.273. The summed E-state index contributed by atoms with van der Waals surface area (Å²) in [6.45, 7) is 3.11. The van der Waals surface area contributed by atoms with Crippen LogP contribution < -0.4 is 10.4 Å². The fourth-order valence-electron chi connectivity index (χ4n) is 1.61. The summed E-state index contributed by atoms with van der Waals surface area (Å²) >= 11 is 12.0. The molecule has 1 aromatic heterocycles. The average molecular weight is 351 g/mol. The zero-order valence-corrected chi connectivity index (χ0v) is 13.5. The number of nitrogens with one attached hydrogen (secondary N) is 2. The summed E-state index contributed by atoms with van der Waals surface area (Å²) in [5.74, 6) is 0.296. The van der Waals surface area contributed by atoms with Gasteiger partial charge in [-0.2, -0.15) is 9.78 Å². The molecule has 7 nitrogen and oxygen atoms in total. The molecule has 10 heteroatoms. The molecular formula is C11H12Cl2N4O3S. The highest BCUT2D eigenvalue weighted by Crippen LogP contribution is 2.31. The maximum Gasteiger partial charge on any atom is 0.348 e. The second kappa shape index (κ2) is 5.70. The summed E-state index contributed by atoms with van der Waals surface area (Å²) in [6.07, 6.45) is 0. The average Bonchev–Trinajstić information content (AvgIpc) is 2.71. The van der Waals surface area contributed by atoms with E-state index in [4.69, 9.17) is 23.2 Å². The molecule has 0 amide bonds. The van der Waals surface area contributed by atoms with E-state index in [0.29, 0.717) is 5.82 Å². The molecule has 114 valence electrons. The molecule has 0 saturated heterocycles. The highest BCUT2D eigenvalue weighted by Gasteiger charge is 2.16. The van der Waals surface area contributed by atoms with Gasteiger partial charge in [-0.05, 0) is 26.0 Å². The van der Waals surface area contributed by atoms with Crippen LogP contribution in [0.25, 0.3) is 5.69 Å². The first-order valence-electron chi connectivity index (χ1n) is 5.89. The Balaban J connectivity index is 2.59. The predicted molar refractivity (Wildman–Crippen MR) is 82.0 cm³/mol. The fourth-order valence-corrected chi connectivity index (χ4v) is 2.82. The normalized spacial score (nSPS) is 11.6. The minimum absolute atomic E-state index is 0.108. The van der Waals surface area contributed by atoms with Crippen molar-refractivity contribution in [3.63, 3.8) is 0 Å². The number of nitrogens with zero attached hydrogens (tertiary/aromatic N) is 2. The number of hydrogen-bond donors (Lipinski definition) is 2. The van der Waals surface area contributed by atoms with Crippen LogP contribution in [0.15, 0.2) is 16.9 Å². The number of hydrogen-bond acceptors (Lipinski definition) is 4. The number of aryl methyl sites for hydroxylation is 1. The van der Waals surface area contributed by atoms with Gasteiger partial charge in [-0.15, -0.1) is 0 Å². The van der Waals surface area contributed by atoms with Crippen molar-refractivity contribution >= 4 is 38.9 Å². The molecule has 0 fully saturated rings. The molecule has 1 aromatic carbocycles. The lowest BCUT2D eigenvalue weighted by Gasteiger charge is -2.11. The topological polar surface area (TPSA) is 96.8 Å². The van der Waals surface area contributed by atoms with E-state index in [2.05, 4.69) is 14.8 Å². The Kier molecular flexibility index (Phi) is 4.31. The quantitative estimate of drug-likeness (QED) is 0.880. The Morgan fingerprint density at radius 3 is 2.52 bits per heavy atom. The zero-order chi connectivity index (χ0) is 15.8. The van der Waals surface area contributed by atoms with Gasteiger partial charge in [-0.1, -0.05) is 23.2 Å². The number of aromatic amines is 1. The van der Waals surface area contributed by atoms with E-state index < -0.39 is 15.7 Å². The smallest absolute Gasteiger partial charge is 0.293 e. The first kappa shape index (κ1) is 15.9. The van der Waals surface area contributed by atoms with E-state index >= 15 is 0 Å². The number of rotatable bonds is 4. The van der Waals surface area contributed by atoms with E-state index in [-0.39, 0.29) is 27.2 Å². The molecule has 0 spiro atoms. The van der Waals surface area contributed by atoms with Crippen molar-refractivity contribution in [3.05, 3.63) is 38.5 Å². The number of aromatic nitrogens is 3. The van der Waals surface area contributed by atoms with Gasteiger partial charge in [-0.3, -0.25) is 9.71 Å². The van der Waals surface area contributed by atoms with Crippen LogP contribution in [0.2, 0.25) is 10.0 Å². The van der Waals surface area contributed by atoms with E-state index in [1.165, 1.54) is 19.1 Å². The zero-order valence-electron chi connectivity index (χ0n) is 11.1. The molecule has 1 heterocycles. The third-order valence-corrected chi connectivity index (χ3v) is 4.55. The predicted octanol–water partition coefficient (Wildman–Crippen LogP) is 1.94. The van der Waals surface area contributed by atoms with Gasteiger partial charge in [0.15, 0.2) is 0 Å². The highest BCUT2D eigenvalue weighted by molar-refractivity contribution is 7.92. The maximum atomic E-state index is 11.7. The van der Waals surface area contributed by atoms with E-state index in [0.717, 1.165) is 4.68 Å². The summed E-state index contributed by atoms with van der Waals surface area (Å²) in [4.78, 5) is 14.2. The number of anilines is 1. The maximum absolute atomic E-state index is 11.7. The van der Waals surface area contributed by atoms with Gasteiger partial charge in [0.05, 0.1) is 27.2 Å². The van der Waals surface area contributed by atoms with Crippen LogP contribution in [0.1, 0.15) is 12.7 Å². The molecule has 2 rings (SSSR count). The van der Waals surface area contributed by atoms with Crippen LogP contribution in [-0.2, 0) is 10.0 Å². The van der Waals surface area contributed by atoms with E-state index in [9.17, 15) is 13.2 Å². The third kappa shape index (κ3) is 3.39. The Hall–Kier alpha value is -1.51. The molecule has 0 unspecified atom stereocenters. The van der Waals surface area contributed by atoms with Gasteiger partial charge in [0.25, 0.3) is 0 Å². The number of benzene rings is 1. The molecule has 2 aromatic rings. The van der Waals surface area contributed by atoms with E-state index in [1.807, 2.05) is 0 Å². The summed E-state index contributed by atoms with van der Waals surface area (Å²) in [5.41, 5.74) is -0.129. The summed E-state index contributed by atoms with van der Waals surface area (Å²) in [5, 5.41) is 4.27. The van der Waals surface area contributed by atoms with Gasteiger partial charge < -0.3 is 0 Å². The van der Waals surface area contributed by atoms with Crippen molar-refractivity contribution in [1.29, 1.82) is 0 Å². The molecule has 0 atom stereocenters. The second-order valence-corrected chi connectivity index (χ2v) is 7.04. The van der Waals surface area contributed by atoms with Crippen molar-refractivity contribution in [2.75, 3.05) is 10.5 Å². The molecule has 21 heavy (non-hydrogen) atoms. The molecule has 0 saturated carbocycles. The minimum atomic E-state index is -3.50. The molecule has 0 bridgehead atoms. The van der Waals surface area contributed by atoms with Crippen LogP contribution in [-0.4, -0.2) is 28.9 Å². The molecule has 0 aliphatic carbocycles. The van der Waals surface area contributed by atoms with Gasteiger partial charge in [-0.25, -0.2) is 13.2 Å². The largest absolute Gasteiger partial charge is 0.348 e.